The van der Waals surface area contributed by atoms with E-state index in [0.717, 1.165) is 32.2 Å². The van der Waals surface area contributed by atoms with Crippen LogP contribution in [-0.2, 0) is 9.53 Å². The van der Waals surface area contributed by atoms with E-state index in [-0.39, 0.29) is 17.4 Å². The van der Waals surface area contributed by atoms with Gasteiger partial charge < -0.3 is 19.5 Å². The average molecular weight is 320 g/mol. The fourth-order valence-electron chi connectivity index (χ4n) is 3.90. The van der Waals surface area contributed by atoms with E-state index in [1.54, 1.807) is 13.3 Å². The van der Waals surface area contributed by atoms with Gasteiger partial charge in [0.2, 0.25) is 5.91 Å². The zero-order chi connectivity index (χ0) is 16.3. The van der Waals surface area contributed by atoms with Gasteiger partial charge in [0.05, 0.1) is 24.7 Å². The molecule has 1 atom stereocenters. The first-order valence-electron chi connectivity index (χ1n) is 8.23. The number of piperidine rings is 2. The number of hydrogen-bond donors (Lipinski definition) is 1. The minimum atomic E-state index is -0.234. The van der Waals surface area contributed by atoms with Crippen LogP contribution in [0.3, 0.4) is 0 Å². The molecule has 23 heavy (non-hydrogen) atoms. The summed E-state index contributed by atoms with van der Waals surface area (Å²) in [6.45, 7) is 2.45. The van der Waals surface area contributed by atoms with E-state index in [1.807, 2.05) is 9.80 Å². The molecule has 1 unspecified atom stereocenters. The summed E-state index contributed by atoms with van der Waals surface area (Å²) in [4.78, 5) is 35.7. The lowest BCUT2D eigenvalue weighted by Crippen LogP contribution is -2.63. The van der Waals surface area contributed by atoms with Crippen molar-refractivity contribution in [2.75, 3.05) is 33.4 Å². The Balaban J connectivity index is 1.79. The summed E-state index contributed by atoms with van der Waals surface area (Å²) < 4.78 is 5.17. The van der Waals surface area contributed by atoms with Crippen LogP contribution in [0, 0.1) is 0 Å². The number of likely N-dealkylation sites (tertiary alicyclic amines) is 2. The molecule has 1 aromatic rings. The van der Waals surface area contributed by atoms with Crippen LogP contribution in [0.1, 0.15) is 42.6 Å². The lowest BCUT2D eigenvalue weighted by molar-refractivity contribution is -0.146. The smallest absolute Gasteiger partial charge is 0.271 e. The van der Waals surface area contributed by atoms with Crippen LogP contribution >= 0.6 is 0 Å². The van der Waals surface area contributed by atoms with Crippen molar-refractivity contribution in [2.45, 2.75) is 37.6 Å². The van der Waals surface area contributed by atoms with Crippen molar-refractivity contribution >= 4 is 11.8 Å². The van der Waals surface area contributed by atoms with E-state index in [9.17, 15) is 9.59 Å². The number of imidazole rings is 1. The van der Waals surface area contributed by atoms with Crippen molar-refractivity contribution in [3.8, 4) is 0 Å². The Bertz CT molecular complexity index is 556. The van der Waals surface area contributed by atoms with Crippen LogP contribution in [0.15, 0.2) is 12.5 Å². The van der Waals surface area contributed by atoms with Crippen molar-refractivity contribution in [3.63, 3.8) is 0 Å². The van der Waals surface area contributed by atoms with Crippen LogP contribution in [-0.4, -0.2) is 70.5 Å². The molecule has 0 radical (unpaired) electrons. The number of nitrogens with zero attached hydrogens (tertiary/aromatic N) is 3. The molecule has 0 bridgehead atoms. The second-order valence-corrected chi connectivity index (χ2v) is 6.41. The monoisotopic (exact) mass is 320 g/mol. The maximum atomic E-state index is 12.6. The van der Waals surface area contributed by atoms with Crippen LogP contribution < -0.4 is 0 Å². The fourth-order valence-corrected chi connectivity index (χ4v) is 3.90. The predicted octanol–water partition coefficient (Wildman–Crippen LogP) is 1.04. The van der Waals surface area contributed by atoms with Gasteiger partial charge in [-0.3, -0.25) is 9.59 Å². The van der Waals surface area contributed by atoms with Gasteiger partial charge in [-0.05, 0) is 25.7 Å². The highest BCUT2D eigenvalue weighted by Crippen LogP contribution is 2.36. The maximum absolute atomic E-state index is 12.6. The first kappa shape index (κ1) is 16.0. The second kappa shape index (κ2) is 6.70. The van der Waals surface area contributed by atoms with E-state index >= 15 is 0 Å². The number of methoxy groups -OCH3 is 1. The largest absolute Gasteiger partial charge is 0.383 e. The van der Waals surface area contributed by atoms with Gasteiger partial charge in [-0.1, -0.05) is 0 Å². The molecule has 0 aromatic carbocycles. The van der Waals surface area contributed by atoms with Crippen LogP contribution in [0.4, 0.5) is 0 Å². The lowest BCUT2D eigenvalue weighted by atomic mass is 9.79. The van der Waals surface area contributed by atoms with Gasteiger partial charge in [0, 0.05) is 33.2 Å². The number of amides is 2. The molecule has 2 aliphatic rings. The van der Waals surface area contributed by atoms with E-state index in [4.69, 9.17) is 4.74 Å². The SMILES string of the molecule is COCCN1C(=O)CCCC12CCCN(C(=O)c1cnc[nH]1)C2. The zero-order valence-corrected chi connectivity index (χ0v) is 13.6. The molecule has 1 spiro atoms. The molecule has 0 aliphatic carbocycles. The number of aromatic amines is 1. The molecule has 0 saturated carbocycles. The molecule has 7 nitrogen and oxygen atoms in total. The van der Waals surface area contributed by atoms with Crippen molar-refractivity contribution in [1.82, 2.24) is 19.8 Å². The molecule has 1 aromatic heterocycles. The van der Waals surface area contributed by atoms with Gasteiger partial charge in [-0.25, -0.2) is 4.98 Å². The molecule has 126 valence electrons. The van der Waals surface area contributed by atoms with E-state index < -0.39 is 0 Å². The van der Waals surface area contributed by atoms with Gasteiger partial charge in [0.25, 0.3) is 5.91 Å². The molecular weight excluding hydrogens is 296 g/mol. The minimum absolute atomic E-state index is 0.0358. The van der Waals surface area contributed by atoms with Gasteiger partial charge in [0.1, 0.15) is 5.69 Å². The Hall–Kier alpha value is -1.89. The number of carbonyl (C=O) groups excluding carboxylic acids is 2. The first-order valence-corrected chi connectivity index (χ1v) is 8.23. The summed E-state index contributed by atoms with van der Waals surface area (Å²) in [5.41, 5.74) is 0.273. The average Bonchev–Trinajstić information content (AvgIpc) is 3.08. The van der Waals surface area contributed by atoms with Crippen LogP contribution in [0.2, 0.25) is 0 Å². The highest BCUT2D eigenvalue weighted by molar-refractivity contribution is 5.92. The van der Waals surface area contributed by atoms with Crippen LogP contribution in [0.25, 0.3) is 0 Å². The van der Waals surface area contributed by atoms with E-state index in [0.29, 0.717) is 31.8 Å². The molecule has 2 aliphatic heterocycles. The van der Waals surface area contributed by atoms with Gasteiger partial charge in [-0.15, -0.1) is 0 Å². The lowest BCUT2D eigenvalue weighted by Gasteiger charge is -2.52. The topological polar surface area (TPSA) is 78.5 Å². The van der Waals surface area contributed by atoms with Gasteiger partial charge in [-0.2, -0.15) is 0 Å². The molecule has 7 heteroatoms. The Morgan fingerprint density at radius 3 is 3.00 bits per heavy atom. The Morgan fingerprint density at radius 1 is 1.43 bits per heavy atom. The quantitative estimate of drug-likeness (QED) is 0.899. The van der Waals surface area contributed by atoms with Gasteiger partial charge in [0.15, 0.2) is 0 Å². The van der Waals surface area contributed by atoms with Gasteiger partial charge >= 0.3 is 0 Å². The number of carbonyl (C=O) groups is 2. The number of hydrogen-bond acceptors (Lipinski definition) is 4. The Kier molecular flexibility index (Phi) is 4.66. The molecular formula is C16H24N4O3. The molecule has 3 heterocycles. The van der Waals surface area contributed by atoms with Crippen molar-refractivity contribution in [1.29, 1.82) is 0 Å². The van der Waals surface area contributed by atoms with E-state index in [1.165, 1.54) is 6.33 Å². The van der Waals surface area contributed by atoms with Crippen molar-refractivity contribution in [3.05, 3.63) is 18.2 Å². The summed E-state index contributed by atoms with van der Waals surface area (Å²) in [6, 6.07) is 0. The number of aromatic nitrogens is 2. The molecule has 2 fully saturated rings. The summed E-state index contributed by atoms with van der Waals surface area (Å²) in [5, 5.41) is 0. The third kappa shape index (κ3) is 3.10. The number of ether oxygens (including phenoxy) is 1. The molecule has 3 rings (SSSR count). The third-order valence-electron chi connectivity index (χ3n) is 5.00. The third-order valence-corrected chi connectivity index (χ3v) is 5.00. The minimum Gasteiger partial charge on any atom is -0.383 e. The highest BCUT2D eigenvalue weighted by Gasteiger charge is 2.45. The maximum Gasteiger partial charge on any atom is 0.271 e. The van der Waals surface area contributed by atoms with Crippen LogP contribution in [0.5, 0.6) is 0 Å². The summed E-state index contributed by atoms with van der Waals surface area (Å²) >= 11 is 0. The van der Waals surface area contributed by atoms with Crippen molar-refractivity contribution in [2.24, 2.45) is 0 Å². The predicted molar refractivity (Wildman–Crippen MR) is 83.9 cm³/mol. The summed E-state index contributed by atoms with van der Waals surface area (Å²) in [5.74, 6) is 0.149. The summed E-state index contributed by atoms with van der Waals surface area (Å²) in [7, 11) is 1.65. The molecule has 2 amide bonds. The van der Waals surface area contributed by atoms with E-state index in [2.05, 4.69) is 9.97 Å². The first-order chi connectivity index (χ1) is 11.2. The second-order valence-electron chi connectivity index (χ2n) is 6.41. The van der Waals surface area contributed by atoms with Crippen molar-refractivity contribution < 1.29 is 14.3 Å². The number of rotatable bonds is 4. The molecule has 2 saturated heterocycles. The molecule has 1 N–H and O–H groups in total. The Morgan fingerprint density at radius 2 is 2.26 bits per heavy atom. The highest BCUT2D eigenvalue weighted by atomic mass is 16.5. The normalized spacial score (nSPS) is 25.2. The summed E-state index contributed by atoms with van der Waals surface area (Å²) in [6.07, 6.45) is 7.38. The standard InChI is InChI=1S/C16H24N4O3/c1-23-9-8-20-14(21)4-2-5-16(20)6-3-7-19(11-16)15(22)13-10-17-12-18-13/h10,12H,2-9,11H2,1H3,(H,17,18). The number of H-pyrrole nitrogens is 1. The fraction of sp³-hybridized carbons (Fsp3) is 0.688. The number of nitrogens with one attached hydrogen (secondary N) is 1. The Labute approximate surface area is 136 Å². The zero-order valence-electron chi connectivity index (χ0n) is 13.6.